The zero-order chi connectivity index (χ0) is 18.7. The number of carbonyl (C=O) groups is 1. The second-order valence-corrected chi connectivity index (χ2v) is 5.77. The highest BCUT2D eigenvalue weighted by Crippen LogP contribution is 2.12. The number of methoxy groups -OCH3 is 1. The molecule has 0 spiro atoms. The highest BCUT2D eigenvalue weighted by atomic mass is 16.5. The van der Waals surface area contributed by atoms with E-state index in [-0.39, 0.29) is 24.2 Å². The molecule has 2 aromatic heterocycles. The molecule has 2 heterocycles. The lowest BCUT2D eigenvalue weighted by molar-refractivity contribution is 0.0948. The molecule has 0 aliphatic rings. The Bertz CT molecular complexity index is 1080. The van der Waals surface area contributed by atoms with Gasteiger partial charge in [0.05, 0.1) is 7.11 Å². The summed E-state index contributed by atoms with van der Waals surface area (Å²) in [5, 5.41) is 3.31. The molecule has 26 heavy (non-hydrogen) atoms. The molecule has 0 radical (unpaired) electrons. The third-order valence-electron chi connectivity index (χ3n) is 4.05. The number of carbonyl (C=O) groups excluding carboxylic acids is 1. The minimum atomic E-state index is -0.695. The van der Waals surface area contributed by atoms with Crippen LogP contribution in [0.25, 0.3) is 11.0 Å². The Hall–Kier alpha value is -3.35. The van der Waals surface area contributed by atoms with Crippen molar-refractivity contribution in [3.05, 3.63) is 74.5 Å². The molecule has 0 aliphatic carbocycles. The van der Waals surface area contributed by atoms with E-state index < -0.39 is 11.5 Å². The van der Waals surface area contributed by atoms with Gasteiger partial charge in [-0.25, -0.2) is 4.79 Å². The highest BCUT2D eigenvalue weighted by Gasteiger charge is 2.13. The van der Waals surface area contributed by atoms with Crippen LogP contribution in [-0.2, 0) is 6.54 Å². The van der Waals surface area contributed by atoms with Crippen molar-refractivity contribution in [3.8, 4) is 5.75 Å². The topological polar surface area (TPSA) is 90.5 Å². The lowest BCUT2D eigenvalue weighted by Gasteiger charge is -2.12. The lowest BCUT2D eigenvalue weighted by Crippen LogP contribution is -2.33. The number of fused-ring (bicyclic) bond motifs is 1. The minimum Gasteiger partial charge on any atom is -0.496 e. The van der Waals surface area contributed by atoms with Crippen molar-refractivity contribution in [2.45, 2.75) is 13.5 Å². The molecule has 1 aromatic carbocycles. The third kappa shape index (κ3) is 3.51. The zero-order valence-corrected chi connectivity index (χ0v) is 14.4. The lowest BCUT2D eigenvalue weighted by atomic mass is 10.2. The summed E-state index contributed by atoms with van der Waals surface area (Å²) in [5.41, 5.74) is 0.158. The van der Waals surface area contributed by atoms with Gasteiger partial charge in [0.2, 0.25) is 0 Å². The summed E-state index contributed by atoms with van der Waals surface area (Å²) >= 11 is 0. The van der Waals surface area contributed by atoms with Gasteiger partial charge in [-0.3, -0.25) is 9.59 Å². The molecule has 0 unspecified atom stereocenters. The van der Waals surface area contributed by atoms with Gasteiger partial charge in [0.25, 0.3) is 11.5 Å². The van der Waals surface area contributed by atoms with E-state index in [4.69, 9.17) is 9.15 Å². The number of nitrogens with one attached hydrogen (secondary N) is 1. The van der Waals surface area contributed by atoms with Gasteiger partial charge in [0.1, 0.15) is 16.9 Å². The van der Waals surface area contributed by atoms with Crippen molar-refractivity contribution >= 4 is 16.9 Å². The third-order valence-corrected chi connectivity index (χ3v) is 4.05. The first-order chi connectivity index (χ1) is 12.5. The van der Waals surface area contributed by atoms with Crippen LogP contribution in [0, 0.1) is 6.92 Å². The number of para-hydroxylation sites is 1. The molecule has 1 N–H and O–H groups in total. The molecule has 0 atom stereocenters. The van der Waals surface area contributed by atoms with E-state index in [1.165, 1.54) is 23.8 Å². The van der Waals surface area contributed by atoms with Crippen LogP contribution in [0.3, 0.4) is 0 Å². The van der Waals surface area contributed by atoms with Gasteiger partial charge in [-0.05, 0) is 25.1 Å². The molecule has 0 bridgehead atoms. The molecular weight excluding hydrogens is 336 g/mol. The Morgan fingerprint density at radius 1 is 1.19 bits per heavy atom. The van der Waals surface area contributed by atoms with E-state index in [2.05, 4.69) is 5.32 Å². The van der Waals surface area contributed by atoms with Gasteiger partial charge >= 0.3 is 5.63 Å². The smallest absolute Gasteiger partial charge is 0.349 e. The van der Waals surface area contributed by atoms with E-state index in [1.54, 1.807) is 37.3 Å². The summed E-state index contributed by atoms with van der Waals surface area (Å²) in [6.45, 7) is 2.25. The number of rotatable bonds is 5. The first-order valence-electron chi connectivity index (χ1n) is 8.06. The number of benzene rings is 1. The molecule has 3 aromatic rings. The molecule has 0 fully saturated rings. The van der Waals surface area contributed by atoms with Crippen LogP contribution >= 0.6 is 0 Å². The standard InChI is InChI=1S/C19H18N2O5/c1-12-9-14(25-2)11-17(22)21(12)8-7-20-18(23)15-10-13-5-3-4-6-16(13)26-19(15)24/h3-6,9-11H,7-8H2,1-2H3,(H,20,23). The summed E-state index contributed by atoms with van der Waals surface area (Å²) in [6, 6.07) is 11.6. The van der Waals surface area contributed by atoms with Gasteiger partial charge < -0.3 is 19.0 Å². The predicted octanol–water partition coefficient (Wildman–Crippen LogP) is 1.70. The summed E-state index contributed by atoms with van der Waals surface area (Å²) in [4.78, 5) is 36.4. The molecule has 0 saturated heterocycles. The van der Waals surface area contributed by atoms with Crippen molar-refractivity contribution < 1.29 is 13.9 Å². The maximum absolute atomic E-state index is 12.3. The van der Waals surface area contributed by atoms with Crippen LogP contribution < -0.4 is 21.2 Å². The second-order valence-electron chi connectivity index (χ2n) is 5.77. The number of nitrogens with zero attached hydrogens (tertiary/aromatic N) is 1. The Morgan fingerprint density at radius 2 is 1.96 bits per heavy atom. The van der Waals surface area contributed by atoms with Crippen LogP contribution in [0.15, 0.2) is 56.5 Å². The highest BCUT2D eigenvalue weighted by molar-refractivity contribution is 5.96. The van der Waals surface area contributed by atoms with Gasteiger partial charge in [0, 0.05) is 30.2 Å². The van der Waals surface area contributed by atoms with Crippen LogP contribution in [0.5, 0.6) is 5.75 Å². The average Bonchev–Trinajstić information content (AvgIpc) is 2.62. The average molecular weight is 354 g/mol. The van der Waals surface area contributed by atoms with Crippen LogP contribution in [0.2, 0.25) is 0 Å². The largest absolute Gasteiger partial charge is 0.496 e. The monoisotopic (exact) mass is 354 g/mol. The fraction of sp³-hybridized carbons (Fsp3) is 0.211. The van der Waals surface area contributed by atoms with E-state index in [0.717, 1.165) is 0 Å². The molecule has 0 aliphatic heterocycles. The number of pyridine rings is 1. The summed E-state index contributed by atoms with van der Waals surface area (Å²) in [6.07, 6.45) is 0. The van der Waals surface area contributed by atoms with Gasteiger partial charge in [0.15, 0.2) is 0 Å². The van der Waals surface area contributed by atoms with Gasteiger partial charge in [-0.2, -0.15) is 0 Å². The number of amides is 1. The molecule has 134 valence electrons. The first-order valence-corrected chi connectivity index (χ1v) is 8.06. The van der Waals surface area contributed by atoms with Crippen LogP contribution in [0.1, 0.15) is 16.1 Å². The van der Waals surface area contributed by atoms with Gasteiger partial charge in [-0.15, -0.1) is 0 Å². The predicted molar refractivity (Wildman–Crippen MR) is 96.8 cm³/mol. The van der Waals surface area contributed by atoms with Gasteiger partial charge in [-0.1, -0.05) is 18.2 Å². The number of hydrogen-bond acceptors (Lipinski definition) is 5. The van der Waals surface area contributed by atoms with Crippen molar-refractivity contribution in [3.63, 3.8) is 0 Å². The summed E-state index contributed by atoms with van der Waals surface area (Å²) in [5.74, 6) is -0.0507. The normalized spacial score (nSPS) is 10.7. The number of aromatic nitrogens is 1. The maximum Gasteiger partial charge on any atom is 0.349 e. The molecular formula is C19H18N2O5. The van der Waals surface area contributed by atoms with Crippen LogP contribution in [0.4, 0.5) is 0 Å². The second kappa shape index (κ2) is 7.26. The Balaban J connectivity index is 1.73. The number of ether oxygens (including phenoxy) is 1. The van der Waals surface area contributed by atoms with E-state index in [9.17, 15) is 14.4 Å². The minimum absolute atomic E-state index is 0.0671. The Morgan fingerprint density at radius 3 is 2.69 bits per heavy atom. The fourth-order valence-corrected chi connectivity index (χ4v) is 2.70. The summed E-state index contributed by atoms with van der Waals surface area (Å²) < 4.78 is 11.7. The Kier molecular flexibility index (Phi) is 4.88. The SMILES string of the molecule is COc1cc(C)n(CCNC(=O)c2cc3ccccc3oc2=O)c(=O)c1. The van der Waals surface area contributed by atoms with E-state index >= 15 is 0 Å². The molecule has 3 rings (SSSR count). The fourth-order valence-electron chi connectivity index (χ4n) is 2.70. The van der Waals surface area contributed by atoms with Crippen molar-refractivity contribution in [1.82, 2.24) is 9.88 Å². The van der Waals surface area contributed by atoms with Crippen molar-refractivity contribution in [2.24, 2.45) is 0 Å². The van der Waals surface area contributed by atoms with Crippen LogP contribution in [-0.4, -0.2) is 24.1 Å². The maximum atomic E-state index is 12.3. The molecule has 1 amide bonds. The zero-order valence-electron chi connectivity index (χ0n) is 14.4. The quantitative estimate of drug-likeness (QED) is 0.704. The molecule has 7 heteroatoms. The molecule has 7 nitrogen and oxygen atoms in total. The number of hydrogen-bond donors (Lipinski definition) is 1. The van der Waals surface area contributed by atoms with E-state index in [1.807, 2.05) is 0 Å². The molecule has 0 saturated carbocycles. The van der Waals surface area contributed by atoms with Crippen molar-refractivity contribution in [2.75, 3.05) is 13.7 Å². The first kappa shape index (κ1) is 17.5. The summed E-state index contributed by atoms with van der Waals surface area (Å²) in [7, 11) is 1.49. The Labute approximate surface area is 148 Å². The van der Waals surface area contributed by atoms with Crippen molar-refractivity contribution in [1.29, 1.82) is 0 Å². The number of aryl methyl sites for hydroxylation is 1. The van der Waals surface area contributed by atoms with E-state index in [0.29, 0.717) is 22.4 Å².